The molecule has 0 unspecified atom stereocenters. The van der Waals surface area contributed by atoms with Crippen molar-refractivity contribution in [3.05, 3.63) is 41.5 Å². The lowest BCUT2D eigenvalue weighted by Crippen LogP contribution is -1.99. The number of hydrogen-bond donors (Lipinski definition) is 1. The van der Waals surface area contributed by atoms with Gasteiger partial charge in [-0.25, -0.2) is 9.78 Å². The molecule has 0 fully saturated rings. The first kappa shape index (κ1) is 10.4. The molecule has 1 heterocycles. The number of carbonyl (C=O) groups is 1. The van der Waals surface area contributed by atoms with Crippen LogP contribution in [0.15, 0.2) is 29.0 Å². The van der Waals surface area contributed by atoms with Gasteiger partial charge in [-0.15, -0.1) is 0 Å². The van der Waals surface area contributed by atoms with Crippen LogP contribution < -0.4 is 0 Å². The number of rotatable bonds is 2. The van der Waals surface area contributed by atoms with Gasteiger partial charge in [0.15, 0.2) is 6.39 Å². The Hall–Kier alpha value is -2.10. The maximum Gasteiger partial charge on any atom is 0.335 e. The second-order valence-corrected chi connectivity index (χ2v) is 3.59. The van der Waals surface area contributed by atoms with Crippen LogP contribution in [0.5, 0.6) is 0 Å². The molecule has 1 aromatic carbocycles. The second-order valence-electron chi connectivity index (χ2n) is 3.59. The fourth-order valence-electron chi connectivity index (χ4n) is 1.58. The summed E-state index contributed by atoms with van der Waals surface area (Å²) < 4.78 is 5.09. The average molecular weight is 217 g/mol. The molecule has 1 aromatic heterocycles. The Morgan fingerprint density at radius 2 is 2.12 bits per heavy atom. The highest BCUT2D eigenvalue weighted by Crippen LogP contribution is 2.23. The lowest BCUT2D eigenvalue weighted by Gasteiger charge is -2.03. The fraction of sp³-hybridized carbons (Fsp3) is 0.167. The van der Waals surface area contributed by atoms with Crippen LogP contribution in [0.25, 0.3) is 11.3 Å². The Kier molecular flexibility index (Phi) is 2.48. The predicted octanol–water partition coefficient (Wildman–Crippen LogP) is 2.66. The molecule has 0 aliphatic rings. The molecule has 1 N–H and O–H groups in total. The van der Waals surface area contributed by atoms with Crippen LogP contribution in [0.2, 0.25) is 0 Å². The smallest absolute Gasteiger partial charge is 0.335 e. The summed E-state index contributed by atoms with van der Waals surface area (Å²) in [6.45, 7) is 3.56. The molecule has 0 radical (unpaired) electrons. The van der Waals surface area contributed by atoms with Crippen LogP contribution in [-0.4, -0.2) is 16.1 Å². The first-order valence-electron chi connectivity index (χ1n) is 4.84. The summed E-state index contributed by atoms with van der Waals surface area (Å²) in [6.07, 6.45) is 1.35. The van der Waals surface area contributed by atoms with E-state index < -0.39 is 5.97 Å². The van der Waals surface area contributed by atoms with Gasteiger partial charge in [0.05, 0.1) is 5.56 Å². The third-order valence-corrected chi connectivity index (χ3v) is 2.49. The summed E-state index contributed by atoms with van der Waals surface area (Å²) in [7, 11) is 0. The van der Waals surface area contributed by atoms with Crippen LogP contribution >= 0.6 is 0 Å². The number of carboxylic acids is 1. The van der Waals surface area contributed by atoms with Crippen LogP contribution in [0, 0.1) is 13.8 Å². The van der Waals surface area contributed by atoms with Crippen molar-refractivity contribution >= 4 is 5.97 Å². The highest BCUT2D eigenvalue weighted by molar-refractivity contribution is 5.91. The Morgan fingerprint density at radius 1 is 1.38 bits per heavy atom. The van der Waals surface area contributed by atoms with Crippen molar-refractivity contribution in [3.63, 3.8) is 0 Å². The van der Waals surface area contributed by atoms with Gasteiger partial charge < -0.3 is 9.52 Å². The van der Waals surface area contributed by atoms with Crippen LogP contribution in [0.1, 0.15) is 21.7 Å². The Morgan fingerprint density at radius 3 is 2.69 bits per heavy atom. The molecule has 0 bridgehead atoms. The van der Waals surface area contributed by atoms with Gasteiger partial charge >= 0.3 is 5.97 Å². The van der Waals surface area contributed by atoms with Crippen molar-refractivity contribution in [2.24, 2.45) is 0 Å². The summed E-state index contributed by atoms with van der Waals surface area (Å²) in [5.41, 5.74) is 2.47. The van der Waals surface area contributed by atoms with Crippen molar-refractivity contribution in [2.75, 3.05) is 0 Å². The monoisotopic (exact) mass is 217 g/mol. The maximum absolute atomic E-state index is 11.0. The molecule has 2 rings (SSSR count). The zero-order valence-electron chi connectivity index (χ0n) is 9.02. The molecule has 0 aliphatic heterocycles. The lowest BCUT2D eigenvalue weighted by molar-refractivity contribution is 0.0696. The third-order valence-electron chi connectivity index (χ3n) is 2.49. The van der Waals surface area contributed by atoms with E-state index >= 15 is 0 Å². The number of aryl methyl sites for hydroxylation is 2. The molecule has 0 atom stereocenters. The normalized spacial score (nSPS) is 10.4. The second kappa shape index (κ2) is 3.81. The van der Waals surface area contributed by atoms with E-state index in [0.29, 0.717) is 17.0 Å². The van der Waals surface area contributed by atoms with Crippen LogP contribution in [0.3, 0.4) is 0 Å². The van der Waals surface area contributed by atoms with E-state index in [9.17, 15) is 4.79 Å². The summed E-state index contributed by atoms with van der Waals surface area (Å²) in [5, 5.41) is 9.01. The van der Waals surface area contributed by atoms with E-state index in [1.165, 1.54) is 6.39 Å². The quantitative estimate of drug-likeness (QED) is 0.839. The minimum absolute atomic E-state index is 0.292. The van der Waals surface area contributed by atoms with Crippen molar-refractivity contribution in [1.82, 2.24) is 4.98 Å². The fourth-order valence-corrected chi connectivity index (χ4v) is 1.58. The van der Waals surface area contributed by atoms with E-state index in [-0.39, 0.29) is 0 Å². The number of hydrogen-bond acceptors (Lipinski definition) is 3. The number of carboxylic acid groups (broad SMARTS) is 1. The largest absolute Gasteiger partial charge is 0.478 e. The number of aromatic carboxylic acids is 1. The Labute approximate surface area is 92.6 Å². The molecule has 82 valence electrons. The lowest BCUT2D eigenvalue weighted by atomic mass is 10.0. The molecule has 4 heteroatoms. The van der Waals surface area contributed by atoms with Gasteiger partial charge in [0.1, 0.15) is 11.5 Å². The van der Waals surface area contributed by atoms with Crippen molar-refractivity contribution < 1.29 is 14.3 Å². The highest BCUT2D eigenvalue weighted by atomic mass is 16.4. The predicted molar refractivity (Wildman–Crippen MR) is 58.4 cm³/mol. The van der Waals surface area contributed by atoms with Crippen molar-refractivity contribution in [3.8, 4) is 11.3 Å². The van der Waals surface area contributed by atoms with E-state index in [2.05, 4.69) is 4.98 Å². The molecule has 4 nitrogen and oxygen atoms in total. The summed E-state index contributed by atoms with van der Waals surface area (Å²) in [4.78, 5) is 15.0. The van der Waals surface area contributed by atoms with Gasteiger partial charge in [0.2, 0.25) is 0 Å². The van der Waals surface area contributed by atoms with E-state index in [1.54, 1.807) is 26.0 Å². The number of benzene rings is 1. The van der Waals surface area contributed by atoms with Crippen molar-refractivity contribution in [2.45, 2.75) is 13.8 Å². The van der Waals surface area contributed by atoms with E-state index in [0.717, 1.165) is 11.1 Å². The minimum Gasteiger partial charge on any atom is -0.478 e. The highest BCUT2D eigenvalue weighted by Gasteiger charge is 2.12. The third kappa shape index (κ3) is 1.69. The molecule has 16 heavy (non-hydrogen) atoms. The molecule has 0 aliphatic carbocycles. The number of nitrogens with zero attached hydrogens (tertiary/aromatic N) is 1. The van der Waals surface area contributed by atoms with E-state index in [4.69, 9.17) is 9.52 Å². The summed E-state index contributed by atoms with van der Waals surface area (Å²) in [5.74, 6) is -0.249. The van der Waals surface area contributed by atoms with Crippen LogP contribution in [-0.2, 0) is 0 Å². The van der Waals surface area contributed by atoms with E-state index in [1.807, 2.05) is 6.07 Å². The first-order valence-corrected chi connectivity index (χ1v) is 4.84. The van der Waals surface area contributed by atoms with Gasteiger partial charge in [-0.05, 0) is 25.5 Å². The molecular formula is C12H11NO3. The molecule has 0 amide bonds. The first-order chi connectivity index (χ1) is 7.59. The number of oxazole rings is 1. The maximum atomic E-state index is 11.0. The molecule has 0 spiro atoms. The number of aromatic nitrogens is 1. The summed E-state index contributed by atoms with van der Waals surface area (Å²) >= 11 is 0. The van der Waals surface area contributed by atoms with Crippen LogP contribution in [0.4, 0.5) is 0 Å². The van der Waals surface area contributed by atoms with Gasteiger partial charge in [0.25, 0.3) is 0 Å². The molecule has 0 saturated heterocycles. The van der Waals surface area contributed by atoms with Gasteiger partial charge in [-0.2, -0.15) is 0 Å². The van der Waals surface area contributed by atoms with Gasteiger partial charge in [-0.1, -0.05) is 12.1 Å². The Bertz CT molecular complexity index is 543. The van der Waals surface area contributed by atoms with Crippen molar-refractivity contribution in [1.29, 1.82) is 0 Å². The standard InChI is InChI=1S/C12H11NO3/c1-7-3-4-9(5-10(7)12(14)15)11-8(2)16-6-13-11/h3-6H,1-2H3,(H,14,15). The molecular weight excluding hydrogens is 206 g/mol. The SMILES string of the molecule is Cc1ccc(-c2ncoc2C)cc1C(=O)O. The zero-order valence-corrected chi connectivity index (χ0v) is 9.02. The topological polar surface area (TPSA) is 63.3 Å². The Balaban J connectivity index is 2.56. The minimum atomic E-state index is -0.930. The zero-order chi connectivity index (χ0) is 11.7. The average Bonchev–Trinajstić information content (AvgIpc) is 2.65. The molecule has 0 saturated carbocycles. The van der Waals surface area contributed by atoms with Gasteiger partial charge in [0, 0.05) is 5.56 Å². The molecule has 2 aromatic rings. The van der Waals surface area contributed by atoms with Gasteiger partial charge in [-0.3, -0.25) is 0 Å². The summed E-state index contributed by atoms with van der Waals surface area (Å²) in [6, 6.07) is 5.22.